The van der Waals surface area contributed by atoms with Crippen LogP contribution in [0.5, 0.6) is 11.5 Å². The molecule has 1 saturated heterocycles. The van der Waals surface area contributed by atoms with E-state index >= 15 is 0 Å². The van der Waals surface area contributed by atoms with Crippen LogP contribution in [-0.4, -0.2) is 42.9 Å². The van der Waals surface area contributed by atoms with Gasteiger partial charge in [0.1, 0.15) is 0 Å². The van der Waals surface area contributed by atoms with Crippen LogP contribution in [0.15, 0.2) is 18.2 Å². The van der Waals surface area contributed by atoms with E-state index in [1.165, 1.54) is 12.8 Å². The summed E-state index contributed by atoms with van der Waals surface area (Å²) in [7, 11) is 0. The Hall–Kier alpha value is -1.26. The summed E-state index contributed by atoms with van der Waals surface area (Å²) in [6.45, 7) is 6.97. The van der Waals surface area contributed by atoms with Crippen molar-refractivity contribution in [1.82, 2.24) is 4.90 Å². The van der Waals surface area contributed by atoms with Crippen molar-refractivity contribution in [2.45, 2.75) is 38.7 Å². The van der Waals surface area contributed by atoms with E-state index in [1.807, 2.05) is 18.2 Å². The molecule has 22 heavy (non-hydrogen) atoms. The second-order valence-corrected chi connectivity index (χ2v) is 6.61. The molecule has 0 saturated carbocycles. The standard InChI is InChI=1S/C18H27NO3/c1-14-4-2-8-19(13-14)9-7-16(20)15-5-6-17-18(12-15)22-11-3-10-21-17/h5-6,12,14,16,20H,2-4,7-11,13H2,1H3. The minimum atomic E-state index is -0.436. The van der Waals surface area contributed by atoms with Gasteiger partial charge in [-0.2, -0.15) is 0 Å². The smallest absolute Gasteiger partial charge is 0.161 e. The third kappa shape index (κ3) is 3.93. The predicted octanol–water partition coefficient (Wildman–Crippen LogP) is 3.00. The second-order valence-electron chi connectivity index (χ2n) is 6.61. The van der Waals surface area contributed by atoms with Gasteiger partial charge in [-0.3, -0.25) is 0 Å². The number of aliphatic hydroxyl groups is 1. The van der Waals surface area contributed by atoms with E-state index in [2.05, 4.69) is 11.8 Å². The van der Waals surface area contributed by atoms with Crippen LogP contribution in [0.25, 0.3) is 0 Å². The lowest BCUT2D eigenvalue weighted by molar-refractivity contribution is 0.121. The molecule has 0 amide bonds. The number of benzene rings is 1. The van der Waals surface area contributed by atoms with Gasteiger partial charge in [0, 0.05) is 19.5 Å². The van der Waals surface area contributed by atoms with Crippen LogP contribution < -0.4 is 9.47 Å². The van der Waals surface area contributed by atoms with Gasteiger partial charge in [-0.25, -0.2) is 0 Å². The normalized spacial score (nSPS) is 23.8. The molecule has 2 atom stereocenters. The Balaban J connectivity index is 1.57. The number of piperidine rings is 1. The average Bonchev–Trinajstić information content (AvgIpc) is 2.77. The maximum absolute atomic E-state index is 10.5. The Labute approximate surface area is 133 Å². The zero-order valence-corrected chi connectivity index (χ0v) is 13.5. The fraction of sp³-hybridized carbons (Fsp3) is 0.667. The summed E-state index contributed by atoms with van der Waals surface area (Å²) in [6, 6.07) is 5.81. The van der Waals surface area contributed by atoms with Crippen LogP contribution >= 0.6 is 0 Å². The largest absolute Gasteiger partial charge is 0.490 e. The number of fused-ring (bicyclic) bond motifs is 1. The second kappa shape index (κ2) is 7.34. The summed E-state index contributed by atoms with van der Waals surface area (Å²) in [5, 5.41) is 10.5. The Morgan fingerprint density at radius 1 is 1.23 bits per heavy atom. The van der Waals surface area contributed by atoms with Gasteiger partial charge < -0.3 is 19.5 Å². The predicted molar refractivity (Wildman–Crippen MR) is 86.5 cm³/mol. The minimum absolute atomic E-state index is 0.436. The fourth-order valence-corrected chi connectivity index (χ4v) is 3.35. The van der Waals surface area contributed by atoms with Gasteiger partial charge in [0.15, 0.2) is 11.5 Å². The Morgan fingerprint density at radius 3 is 2.86 bits per heavy atom. The molecule has 0 aromatic heterocycles. The van der Waals surface area contributed by atoms with E-state index in [-0.39, 0.29) is 0 Å². The van der Waals surface area contributed by atoms with Gasteiger partial charge in [-0.15, -0.1) is 0 Å². The molecule has 4 heteroatoms. The molecule has 2 aliphatic rings. The van der Waals surface area contributed by atoms with E-state index in [4.69, 9.17) is 9.47 Å². The molecule has 1 aromatic rings. The van der Waals surface area contributed by atoms with Crippen LogP contribution in [0.1, 0.15) is 44.3 Å². The molecule has 0 aliphatic carbocycles. The monoisotopic (exact) mass is 305 g/mol. The van der Waals surface area contributed by atoms with Crippen molar-refractivity contribution in [3.63, 3.8) is 0 Å². The van der Waals surface area contributed by atoms with Crippen molar-refractivity contribution < 1.29 is 14.6 Å². The highest BCUT2D eigenvalue weighted by Gasteiger charge is 2.19. The van der Waals surface area contributed by atoms with E-state index in [1.54, 1.807) is 0 Å². The third-order valence-corrected chi connectivity index (χ3v) is 4.62. The number of hydrogen-bond donors (Lipinski definition) is 1. The molecule has 3 rings (SSSR count). The highest BCUT2D eigenvalue weighted by atomic mass is 16.5. The summed E-state index contributed by atoms with van der Waals surface area (Å²) in [5.74, 6) is 2.34. The molecule has 1 N–H and O–H groups in total. The molecule has 0 radical (unpaired) electrons. The van der Waals surface area contributed by atoms with Gasteiger partial charge in [0.2, 0.25) is 0 Å². The van der Waals surface area contributed by atoms with Crippen LogP contribution in [0, 0.1) is 5.92 Å². The quantitative estimate of drug-likeness (QED) is 0.928. The molecule has 2 unspecified atom stereocenters. The van der Waals surface area contributed by atoms with Gasteiger partial charge in [0.05, 0.1) is 19.3 Å². The van der Waals surface area contributed by atoms with Crippen molar-refractivity contribution in [2.75, 3.05) is 32.8 Å². The van der Waals surface area contributed by atoms with Gasteiger partial charge >= 0.3 is 0 Å². The first kappa shape index (κ1) is 15.6. The molecular formula is C18H27NO3. The lowest BCUT2D eigenvalue weighted by Crippen LogP contribution is -2.35. The van der Waals surface area contributed by atoms with Crippen LogP contribution in [0.3, 0.4) is 0 Å². The summed E-state index contributed by atoms with van der Waals surface area (Å²) >= 11 is 0. The number of aliphatic hydroxyl groups excluding tert-OH is 1. The maximum Gasteiger partial charge on any atom is 0.161 e. The molecule has 2 aliphatic heterocycles. The maximum atomic E-state index is 10.5. The van der Waals surface area contributed by atoms with Crippen molar-refractivity contribution in [3.05, 3.63) is 23.8 Å². The van der Waals surface area contributed by atoms with Crippen molar-refractivity contribution in [2.24, 2.45) is 5.92 Å². The van der Waals surface area contributed by atoms with E-state index in [0.29, 0.717) is 13.2 Å². The zero-order valence-electron chi connectivity index (χ0n) is 13.5. The first-order valence-electron chi connectivity index (χ1n) is 8.52. The summed E-state index contributed by atoms with van der Waals surface area (Å²) in [6.07, 6.45) is 3.85. The first-order chi connectivity index (χ1) is 10.7. The lowest BCUT2D eigenvalue weighted by atomic mass is 9.99. The van der Waals surface area contributed by atoms with E-state index < -0.39 is 6.10 Å². The molecule has 1 aromatic carbocycles. The van der Waals surface area contributed by atoms with Crippen molar-refractivity contribution in [1.29, 1.82) is 0 Å². The van der Waals surface area contributed by atoms with Crippen molar-refractivity contribution >= 4 is 0 Å². The number of nitrogens with zero attached hydrogens (tertiary/aromatic N) is 1. The Morgan fingerprint density at radius 2 is 2.05 bits per heavy atom. The summed E-state index contributed by atoms with van der Waals surface area (Å²) in [4.78, 5) is 2.47. The van der Waals surface area contributed by atoms with Crippen LogP contribution in [-0.2, 0) is 0 Å². The number of hydrogen-bond acceptors (Lipinski definition) is 4. The van der Waals surface area contributed by atoms with Crippen molar-refractivity contribution in [3.8, 4) is 11.5 Å². The number of ether oxygens (including phenoxy) is 2. The lowest BCUT2D eigenvalue weighted by Gasteiger charge is -2.31. The Kier molecular flexibility index (Phi) is 5.21. The average molecular weight is 305 g/mol. The Bertz CT molecular complexity index is 491. The van der Waals surface area contributed by atoms with Gasteiger partial charge in [0.25, 0.3) is 0 Å². The molecule has 0 bridgehead atoms. The van der Waals surface area contributed by atoms with E-state index in [0.717, 1.165) is 55.5 Å². The highest BCUT2D eigenvalue weighted by molar-refractivity contribution is 5.44. The minimum Gasteiger partial charge on any atom is -0.490 e. The summed E-state index contributed by atoms with van der Waals surface area (Å²) in [5.41, 5.74) is 0.925. The zero-order chi connectivity index (χ0) is 15.4. The van der Waals surface area contributed by atoms with Crippen LogP contribution in [0.2, 0.25) is 0 Å². The van der Waals surface area contributed by atoms with Crippen LogP contribution in [0.4, 0.5) is 0 Å². The third-order valence-electron chi connectivity index (χ3n) is 4.62. The molecule has 4 nitrogen and oxygen atoms in total. The highest BCUT2D eigenvalue weighted by Crippen LogP contribution is 2.33. The van der Waals surface area contributed by atoms with Gasteiger partial charge in [-0.05, 0) is 49.4 Å². The molecule has 0 spiro atoms. The molecule has 2 heterocycles. The van der Waals surface area contributed by atoms with Gasteiger partial charge in [-0.1, -0.05) is 13.0 Å². The summed E-state index contributed by atoms with van der Waals surface area (Å²) < 4.78 is 11.3. The SMILES string of the molecule is CC1CCCN(CCC(O)c2ccc3c(c2)OCCCO3)C1. The first-order valence-corrected chi connectivity index (χ1v) is 8.52. The number of likely N-dealkylation sites (tertiary alicyclic amines) is 1. The molecule has 1 fully saturated rings. The number of rotatable bonds is 4. The molecular weight excluding hydrogens is 278 g/mol. The topological polar surface area (TPSA) is 41.9 Å². The fourth-order valence-electron chi connectivity index (χ4n) is 3.35. The molecule has 122 valence electrons. The van der Waals surface area contributed by atoms with E-state index in [9.17, 15) is 5.11 Å².